The average Bonchev–Trinajstić information content (AvgIpc) is 2.15. The fraction of sp³-hybridized carbons (Fsp3) is 0.231. The van der Waals surface area contributed by atoms with Gasteiger partial charge < -0.3 is 0 Å². The number of halogens is 1. The predicted octanol–water partition coefficient (Wildman–Crippen LogP) is 4.15. The first-order valence-corrected chi connectivity index (χ1v) is 13.3. The van der Waals surface area contributed by atoms with Crippen LogP contribution in [0.3, 0.4) is 0 Å². The van der Waals surface area contributed by atoms with E-state index in [0.29, 0.717) is 0 Å². The summed E-state index contributed by atoms with van der Waals surface area (Å²) in [5, 5.41) is 2.79. The van der Waals surface area contributed by atoms with Crippen LogP contribution in [0.2, 0.25) is 17.3 Å². The number of hydrogen-bond donors (Lipinski definition) is 0. The van der Waals surface area contributed by atoms with Gasteiger partial charge in [0, 0.05) is 0 Å². The van der Waals surface area contributed by atoms with Gasteiger partial charge in [-0.2, -0.15) is 0 Å². The SMILES string of the molecule is [CH3][Ge]([CH3])([CH3])[c]1cc(Br)cc2ccccc12. The zero-order valence-corrected chi connectivity index (χ0v) is 13.0. The Bertz CT molecular complexity index is 497. The van der Waals surface area contributed by atoms with Gasteiger partial charge in [0.05, 0.1) is 0 Å². The molecular weight excluding hydrogens is 309 g/mol. The van der Waals surface area contributed by atoms with Gasteiger partial charge in [0.25, 0.3) is 0 Å². The number of fused-ring (bicyclic) bond motifs is 1. The van der Waals surface area contributed by atoms with Crippen molar-refractivity contribution in [1.82, 2.24) is 0 Å². The van der Waals surface area contributed by atoms with E-state index in [1.165, 1.54) is 15.2 Å². The van der Waals surface area contributed by atoms with Crippen molar-refractivity contribution >= 4 is 44.4 Å². The second kappa shape index (κ2) is 3.95. The molecule has 0 atom stereocenters. The van der Waals surface area contributed by atoms with Gasteiger partial charge >= 0.3 is 103 Å². The third-order valence-electron chi connectivity index (χ3n) is 2.63. The van der Waals surface area contributed by atoms with E-state index in [1.807, 2.05) is 0 Å². The molecule has 2 rings (SSSR count). The van der Waals surface area contributed by atoms with E-state index in [9.17, 15) is 0 Å². The summed E-state index contributed by atoms with van der Waals surface area (Å²) >= 11 is 1.84. The Labute approximate surface area is 102 Å². The topological polar surface area (TPSA) is 0 Å². The summed E-state index contributed by atoms with van der Waals surface area (Å²) in [4.78, 5) is 0. The first kappa shape index (κ1) is 11.2. The van der Waals surface area contributed by atoms with Crippen LogP contribution in [0, 0.1) is 0 Å². The molecule has 0 radical (unpaired) electrons. The summed E-state index contributed by atoms with van der Waals surface area (Å²) < 4.78 is 2.79. The van der Waals surface area contributed by atoms with Crippen molar-refractivity contribution in [2.24, 2.45) is 0 Å². The summed E-state index contributed by atoms with van der Waals surface area (Å²) in [7, 11) is 0. The number of benzene rings is 2. The van der Waals surface area contributed by atoms with Crippen LogP contribution in [-0.4, -0.2) is 13.3 Å². The molecule has 0 saturated carbocycles. The Balaban J connectivity index is 2.83. The quantitative estimate of drug-likeness (QED) is 0.692. The Morgan fingerprint density at radius 3 is 2.33 bits per heavy atom. The van der Waals surface area contributed by atoms with E-state index in [1.54, 1.807) is 4.40 Å². The Morgan fingerprint density at radius 1 is 1.00 bits per heavy atom. The summed E-state index contributed by atoms with van der Waals surface area (Å²) in [6.45, 7) is 0. The van der Waals surface area contributed by atoms with Crippen molar-refractivity contribution in [3.63, 3.8) is 0 Å². The molecule has 0 N–H and O–H groups in total. The van der Waals surface area contributed by atoms with E-state index in [2.05, 4.69) is 69.6 Å². The molecule has 2 aromatic rings. The van der Waals surface area contributed by atoms with Gasteiger partial charge in [-0.15, -0.1) is 0 Å². The molecular formula is C13H15BrGe. The van der Waals surface area contributed by atoms with Crippen LogP contribution in [0.5, 0.6) is 0 Å². The molecule has 15 heavy (non-hydrogen) atoms. The van der Waals surface area contributed by atoms with Gasteiger partial charge in [0.1, 0.15) is 0 Å². The van der Waals surface area contributed by atoms with Gasteiger partial charge in [-0.05, 0) is 0 Å². The molecule has 0 aliphatic heterocycles. The molecule has 0 saturated heterocycles. The Hall–Kier alpha value is -0.277. The van der Waals surface area contributed by atoms with Gasteiger partial charge in [-0.1, -0.05) is 0 Å². The minimum atomic E-state index is -1.76. The molecule has 0 nitrogen and oxygen atoms in total. The second-order valence-corrected chi connectivity index (χ2v) is 16.4. The zero-order valence-electron chi connectivity index (χ0n) is 9.34. The van der Waals surface area contributed by atoms with E-state index < -0.39 is 13.3 Å². The molecule has 2 heteroatoms. The molecule has 78 valence electrons. The monoisotopic (exact) mass is 324 g/mol. The first-order chi connectivity index (χ1) is 6.98. The van der Waals surface area contributed by atoms with Crippen LogP contribution in [0.1, 0.15) is 0 Å². The zero-order chi connectivity index (χ0) is 11.1. The first-order valence-electron chi connectivity index (χ1n) is 5.17. The van der Waals surface area contributed by atoms with Crippen molar-refractivity contribution < 1.29 is 0 Å². The van der Waals surface area contributed by atoms with Crippen molar-refractivity contribution in [2.45, 2.75) is 17.3 Å². The van der Waals surface area contributed by atoms with Crippen LogP contribution in [0.15, 0.2) is 40.9 Å². The molecule has 0 spiro atoms. The Morgan fingerprint density at radius 2 is 1.67 bits per heavy atom. The van der Waals surface area contributed by atoms with Crippen molar-refractivity contribution in [1.29, 1.82) is 0 Å². The molecule has 0 aliphatic carbocycles. The summed E-state index contributed by atoms with van der Waals surface area (Å²) in [5.74, 6) is 7.32. The van der Waals surface area contributed by atoms with Crippen molar-refractivity contribution in [2.75, 3.05) is 0 Å². The summed E-state index contributed by atoms with van der Waals surface area (Å²) in [6.07, 6.45) is 0. The second-order valence-electron chi connectivity index (χ2n) is 4.92. The minimum absolute atomic E-state index is 1.21. The molecule has 0 fully saturated rings. The van der Waals surface area contributed by atoms with Crippen LogP contribution in [-0.2, 0) is 0 Å². The molecule has 0 bridgehead atoms. The van der Waals surface area contributed by atoms with Gasteiger partial charge in [-0.25, -0.2) is 0 Å². The van der Waals surface area contributed by atoms with E-state index in [4.69, 9.17) is 0 Å². The average molecular weight is 324 g/mol. The van der Waals surface area contributed by atoms with Gasteiger partial charge in [0.15, 0.2) is 0 Å². The fourth-order valence-electron chi connectivity index (χ4n) is 1.89. The normalized spacial score (nSPS) is 12.0. The van der Waals surface area contributed by atoms with Crippen molar-refractivity contribution in [3.05, 3.63) is 40.9 Å². The van der Waals surface area contributed by atoms with Crippen molar-refractivity contribution in [3.8, 4) is 0 Å². The summed E-state index contributed by atoms with van der Waals surface area (Å²) in [5.41, 5.74) is 0. The molecule has 0 unspecified atom stereocenters. The standard InChI is InChI=1S/C13H15BrGe/c1-15(2,3)13-9-11(14)8-10-6-4-5-7-12(10)13/h4-9H,1-3H3. The predicted molar refractivity (Wildman–Crippen MR) is 74.6 cm³/mol. The third-order valence-corrected chi connectivity index (χ3v) is 7.35. The molecule has 0 aromatic heterocycles. The van der Waals surface area contributed by atoms with Crippen LogP contribution in [0.25, 0.3) is 10.8 Å². The van der Waals surface area contributed by atoms with E-state index in [-0.39, 0.29) is 0 Å². The van der Waals surface area contributed by atoms with Crippen LogP contribution >= 0.6 is 15.9 Å². The fourth-order valence-corrected chi connectivity index (χ4v) is 6.22. The van der Waals surface area contributed by atoms with Crippen LogP contribution in [0.4, 0.5) is 0 Å². The molecule has 0 amide bonds. The van der Waals surface area contributed by atoms with E-state index >= 15 is 0 Å². The molecule has 0 heterocycles. The maximum absolute atomic E-state index is 3.61. The molecule has 2 aromatic carbocycles. The van der Waals surface area contributed by atoms with Gasteiger partial charge in [0.2, 0.25) is 0 Å². The number of hydrogen-bond acceptors (Lipinski definition) is 0. The van der Waals surface area contributed by atoms with Gasteiger partial charge in [-0.3, -0.25) is 0 Å². The summed E-state index contributed by atoms with van der Waals surface area (Å²) in [6, 6.07) is 13.2. The molecule has 0 aliphatic rings. The maximum atomic E-state index is 3.61. The van der Waals surface area contributed by atoms with E-state index in [0.717, 1.165) is 0 Å². The third kappa shape index (κ3) is 2.29. The Kier molecular flexibility index (Phi) is 2.95. The number of rotatable bonds is 1. The van der Waals surface area contributed by atoms with Crippen LogP contribution < -0.4 is 4.40 Å².